The van der Waals surface area contributed by atoms with Crippen molar-refractivity contribution < 1.29 is 0 Å². The Morgan fingerprint density at radius 1 is 1.14 bits per heavy atom. The van der Waals surface area contributed by atoms with Crippen LogP contribution < -0.4 is 16.0 Å². The lowest BCUT2D eigenvalue weighted by Gasteiger charge is -2.18. The molecule has 4 nitrogen and oxygen atoms in total. The van der Waals surface area contributed by atoms with Gasteiger partial charge in [0.2, 0.25) is 0 Å². The van der Waals surface area contributed by atoms with E-state index in [0.717, 1.165) is 18.7 Å². The maximum Gasteiger partial charge on any atom is 0.193 e. The van der Waals surface area contributed by atoms with E-state index in [2.05, 4.69) is 53.4 Å². The van der Waals surface area contributed by atoms with Crippen molar-refractivity contribution in [3.63, 3.8) is 0 Å². The molecule has 0 bridgehead atoms. The second kappa shape index (κ2) is 8.08. The van der Waals surface area contributed by atoms with Crippen LogP contribution >= 0.6 is 0 Å². The lowest BCUT2D eigenvalue weighted by Crippen LogP contribution is -2.26. The number of para-hydroxylation sites is 1. The number of rotatable bonds is 6. The van der Waals surface area contributed by atoms with Crippen molar-refractivity contribution in [2.45, 2.75) is 13.3 Å². The summed E-state index contributed by atoms with van der Waals surface area (Å²) in [6.45, 7) is 3.61. The van der Waals surface area contributed by atoms with Crippen LogP contribution in [0.1, 0.15) is 12.5 Å². The van der Waals surface area contributed by atoms with Crippen molar-refractivity contribution in [2.75, 3.05) is 30.4 Å². The number of guanidine groups is 1. The average molecular weight is 296 g/mol. The van der Waals surface area contributed by atoms with E-state index in [1.807, 2.05) is 30.3 Å². The van der Waals surface area contributed by atoms with Crippen molar-refractivity contribution in [2.24, 2.45) is 10.7 Å². The summed E-state index contributed by atoms with van der Waals surface area (Å²) in [5, 5.41) is 3.14. The zero-order chi connectivity index (χ0) is 15.8. The summed E-state index contributed by atoms with van der Waals surface area (Å²) in [5.41, 5.74) is 9.39. The number of nitrogens with two attached hydrogens (primary N) is 1. The van der Waals surface area contributed by atoms with E-state index < -0.39 is 0 Å². The molecule has 0 spiro atoms. The van der Waals surface area contributed by atoms with Crippen molar-refractivity contribution in [1.29, 1.82) is 0 Å². The minimum absolute atomic E-state index is 0.453. The zero-order valence-corrected chi connectivity index (χ0v) is 13.3. The number of aliphatic imine (C=N–C) groups is 1. The topological polar surface area (TPSA) is 53.6 Å². The van der Waals surface area contributed by atoms with E-state index in [1.165, 1.54) is 11.3 Å². The molecule has 0 atom stereocenters. The highest BCUT2D eigenvalue weighted by Gasteiger charge is 2.00. The molecule has 22 heavy (non-hydrogen) atoms. The predicted octanol–water partition coefficient (Wildman–Crippen LogP) is 3.11. The molecular formula is C18H24N4. The lowest BCUT2D eigenvalue weighted by molar-refractivity contribution is 0.884. The number of nitrogens with one attached hydrogen (secondary N) is 1. The molecule has 2 rings (SSSR count). The van der Waals surface area contributed by atoms with Crippen molar-refractivity contribution in [1.82, 2.24) is 0 Å². The first-order valence-electron chi connectivity index (χ1n) is 7.61. The van der Waals surface area contributed by atoms with Crippen molar-refractivity contribution in [3.8, 4) is 0 Å². The van der Waals surface area contributed by atoms with Gasteiger partial charge in [-0.3, -0.25) is 4.99 Å². The largest absolute Gasteiger partial charge is 0.373 e. The summed E-state index contributed by atoms with van der Waals surface area (Å²) >= 11 is 0. The standard InChI is InChI=1S/C18H24N4/c1-3-15-8-7-9-16(14-15)21-18(19)20-12-13-22(2)17-10-5-4-6-11-17/h4-11,14H,3,12-13H2,1-2H3,(H3,19,20,21). The number of aryl methyl sites for hydroxylation is 1. The van der Waals surface area contributed by atoms with E-state index >= 15 is 0 Å². The van der Waals surface area contributed by atoms with Gasteiger partial charge >= 0.3 is 0 Å². The van der Waals surface area contributed by atoms with Crippen LogP contribution in [-0.4, -0.2) is 26.1 Å². The molecule has 0 saturated heterocycles. The Bertz CT molecular complexity index is 607. The van der Waals surface area contributed by atoms with Gasteiger partial charge in [-0.15, -0.1) is 0 Å². The van der Waals surface area contributed by atoms with Crippen LogP contribution in [0, 0.1) is 0 Å². The normalized spacial score (nSPS) is 11.3. The van der Waals surface area contributed by atoms with Gasteiger partial charge in [0.05, 0.1) is 6.54 Å². The summed E-state index contributed by atoms with van der Waals surface area (Å²) in [6, 6.07) is 18.5. The third kappa shape index (κ3) is 4.81. The highest BCUT2D eigenvalue weighted by molar-refractivity contribution is 5.92. The third-order valence-corrected chi connectivity index (χ3v) is 3.52. The Morgan fingerprint density at radius 3 is 2.64 bits per heavy atom. The molecule has 0 radical (unpaired) electrons. The third-order valence-electron chi connectivity index (χ3n) is 3.52. The van der Waals surface area contributed by atoms with Gasteiger partial charge in [0.1, 0.15) is 0 Å². The molecule has 0 aliphatic heterocycles. The first-order chi connectivity index (χ1) is 10.7. The van der Waals surface area contributed by atoms with E-state index in [-0.39, 0.29) is 0 Å². The van der Waals surface area contributed by atoms with E-state index in [9.17, 15) is 0 Å². The second-order valence-corrected chi connectivity index (χ2v) is 5.20. The molecule has 0 heterocycles. The van der Waals surface area contributed by atoms with Gasteiger partial charge < -0.3 is 16.0 Å². The van der Waals surface area contributed by atoms with Crippen LogP contribution in [0.25, 0.3) is 0 Å². The molecule has 0 fully saturated rings. The summed E-state index contributed by atoms with van der Waals surface area (Å²) in [6.07, 6.45) is 1.01. The molecule has 0 unspecified atom stereocenters. The number of anilines is 2. The molecular weight excluding hydrogens is 272 g/mol. The van der Waals surface area contributed by atoms with Gasteiger partial charge in [-0.05, 0) is 36.2 Å². The molecule has 2 aromatic rings. The fourth-order valence-corrected chi connectivity index (χ4v) is 2.19. The monoisotopic (exact) mass is 296 g/mol. The molecule has 0 aliphatic rings. The lowest BCUT2D eigenvalue weighted by atomic mass is 10.1. The molecule has 0 aliphatic carbocycles. The molecule has 4 heteroatoms. The van der Waals surface area contributed by atoms with Gasteiger partial charge in [0.15, 0.2) is 5.96 Å². The zero-order valence-electron chi connectivity index (χ0n) is 13.3. The van der Waals surface area contributed by atoms with Crippen LogP contribution in [0.4, 0.5) is 11.4 Å². The van der Waals surface area contributed by atoms with E-state index in [4.69, 9.17) is 5.73 Å². The highest BCUT2D eigenvalue weighted by Crippen LogP contribution is 2.11. The van der Waals surface area contributed by atoms with Crippen molar-refractivity contribution >= 4 is 17.3 Å². The smallest absolute Gasteiger partial charge is 0.193 e. The van der Waals surface area contributed by atoms with Crippen LogP contribution in [-0.2, 0) is 6.42 Å². The Balaban J connectivity index is 1.85. The summed E-state index contributed by atoms with van der Waals surface area (Å²) < 4.78 is 0. The fraction of sp³-hybridized carbons (Fsp3) is 0.278. The first-order valence-corrected chi connectivity index (χ1v) is 7.61. The van der Waals surface area contributed by atoms with Gasteiger partial charge in [-0.25, -0.2) is 0 Å². The van der Waals surface area contributed by atoms with E-state index in [1.54, 1.807) is 0 Å². The number of hydrogen-bond donors (Lipinski definition) is 2. The maximum atomic E-state index is 5.94. The average Bonchev–Trinajstić information content (AvgIpc) is 2.55. The Morgan fingerprint density at radius 2 is 1.91 bits per heavy atom. The van der Waals surface area contributed by atoms with Crippen LogP contribution in [0.3, 0.4) is 0 Å². The quantitative estimate of drug-likeness (QED) is 0.636. The molecule has 0 aromatic heterocycles. The van der Waals surface area contributed by atoms with Gasteiger partial charge in [-0.1, -0.05) is 37.3 Å². The maximum absolute atomic E-state index is 5.94. The molecule has 2 aromatic carbocycles. The predicted molar refractivity (Wildman–Crippen MR) is 95.6 cm³/mol. The van der Waals surface area contributed by atoms with Gasteiger partial charge in [0, 0.05) is 25.0 Å². The van der Waals surface area contributed by atoms with Gasteiger partial charge in [-0.2, -0.15) is 0 Å². The SMILES string of the molecule is CCc1cccc(NC(N)=NCCN(C)c2ccccc2)c1. The Kier molecular flexibility index (Phi) is 5.83. The molecule has 116 valence electrons. The second-order valence-electron chi connectivity index (χ2n) is 5.20. The Labute approximate surface area is 132 Å². The van der Waals surface area contributed by atoms with Crippen molar-refractivity contribution in [3.05, 3.63) is 60.2 Å². The highest BCUT2D eigenvalue weighted by atomic mass is 15.1. The summed E-state index contributed by atoms with van der Waals surface area (Å²) in [5.74, 6) is 0.453. The minimum Gasteiger partial charge on any atom is -0.373 e. The number of hydrogen-bond acceptors (Lipinski definition) is 2. The number of nitrogens with zero attached hydrogens (tertiary/aromatic N) is 2. The molecule has 0 amide bonds. The minimum atomic E-state index is 0.453. The van der Waals surface area contributed by atoms with E-state index in [0.29, 0.717) is 12.5 Å². The van der Waals surface area contributed by atoms with Crippen LogP contribution in [0.15, 0.2) is 59.6 Å². The van der Waals surface area contributed by atoms with Crippen LogP contribution in [0.2, 0.25) is 0 Å². The Hall–Kier alpha value is -2.49. The molecule has 0 saturated carbocycles. The fourth-order valence-electron chi connectivity index (χ4n) is 2.19. The van der Waals surface area contributed by atoms with Gasteiger partial charge in [0.25, 0.3) is 0 Å². The first kappa shape index (κ1) is 15.9. The summed E-state index contributed by atoms with van der Waals surface area (Å²) in [4.78, 5) is 6.54. The molecule has 3 N–H and O–H groups in total. The number of benzene rings is 2. The summed E-state index contributed by atoms with van der Waals surface area (Å²) in [7, 11) is 2.05. The van der Waals surface area contributed by atoms with Crippen LogP contribution in [0.5, 0.6) is 0 Å². The number of likely N-dealkylation sites (N-methyl/N-ethyl adjacent to an activating group) is 1.